The smallest absolute Gasteiger partial charge is 0.305 e. The lowest BCUT2D eigenvalue weighted by atomic mass is 10.0. The molecule has 0 fully saturated rings. The fourth-order valence-electron chi connectivity index (χ4n) is 7.20. The van der Waals surface area contributed by atoms with E-state index in [1.54, 1.807) is 6.08 Å². The van der Waals surface area contributed by atoms with Crippen LogP contribution in [0.25, 0.3) is 0 Å². The Morgan fingerprint density at radius 2 is 0.873 bits per heavy atom. The number of ether oxygens (including phenoxy) is 1. The van der Waals surface area contributed by atoms with Crippen LogP contribution in [0.3, 0.4) is 0 Å². The van der Waals surface area contributed by atoms with E-state index in [1.807, 2.05) is 6.08 Å². The number of carbonyl (C=O) groups is 2. The first-order chi connectivity index (χ1) is 27.0. The maximum Gasteiger partial charge on any atom is 0.305 e. The molecular formula is C49H93NO5. The number of nitrogens with one attached hydrogen (secondary N) is 1. The molecule has 2 unspecified atom stereocenters. The fraction of sp³-hybridized carbons (Fsp3) is 0.878. The maximum absolute atomic E-state index is 12.4. The highest BCUT2D eigenvalue weighted by molar-refractivity contribution is 5.76. The summed E-state index contributed by atoms with van der Waals surface area (Å²) in [5.41, 5.74) is 0. The number of hydrogen-bond acceptors (Lipinski definition) is 5. The van der Waals surface area contributed by atoms with Gasteiger partial charge >= 0.3 is 5.97 Å². The number of allylic oxidation sites excluding steroid dienone is 3. The van der Waals surface area contributed by atoms with Gasteiger partial charge in [0.25, 0.3) is 0 Å². The first kappa shape index (κ1) is 53.3. The maximum atomic E-state index is 12.4. The molecule has 0 heterocycles. The van der Waals surface area contributed by atoms with Crippen molar-refractivity contribution >= 4 is 11.9 Å². The second kappa shape index (κ2) is 45.0. The van der Waals surface area contributed by atoms with E-state index in [0.29, 0.717) is 19.4 Å². The summed E-state index contributed by atoms with van der Waals surface area (Å²) >= 11 is 0. The molecule has 0 aliphatic carbocycles. The molecule has 324 valence electrons. The van der Waals surface area contributed by atoms with Crippen LogP contribution >= 0.6 is 0 Å². The van der Waals surface area contributed by atoms with E-state index in [2.05, 4.69) is 31.3 Å². The van der Waals surface area contributed by atoms with Gasteiger partial charge in [0, 0.05) is 12.8 Å². The topological polar surface area (TPSA) is 95.9 Å². The van der Waals surface area contributed by atoms with Gasteiger partial charge in [-0.3, -0.25) is 9.59 Å². The van der Waals surface area contributed by atoms with Crippen molar-refractivity contribution in [2.24, 2.45) is 0 Å². The van der Waals surface area contributed by atoms with Crippen molar-refractivity contribution in [2.75, 3.05) is 13.2 Å². The normalized spacial score (nSPS) is 12.9. The molecule has 0 rings (SSSR count). The van der Waals surface area contributed by atoms with Gasteiger partial charge in [0.05, 0.1) is 25.4 Å². The summed E-state index contributed by atoms with van der Waals surface area (Å²) in [6, 6.07) is -0.638. The highest BCUT2D eigenvalue weighted by Crippen LogP contribution is 2.15. The first-order valence-electron chi connectivity index (χ1n) is 24.1. The second-order valence-corrected chi connectivity index (χ2v) is 16.4. The van der Waals surface area contributed by atoms with Crippen LogP contribution in [0, 0.1) is 0 Å². The van der Waals surface area contributed by atoms with Crippen molar-refractivity contribution in [3.63, 3.8) is 0 Å². The van der Waals surface area contributed by atoms with E-state index >= 15 is 0 Å². The third-order valence-corrected chi connectivity index (χ3v) is 11.0. The van der Waals surface area contributed by atoms with Crippen LogP contribution in [0.1, 0.15) is 251 Å². The lowest BCUT2D eigenvalue weighted by Gasteiger charge is -2.20. The Morgan fingerprint density at radius 1 is 0.491 bits per heavy atom. The van der Waals surface area contributed by atoms with Crippen molar-refractivity contribution < 1.29 is 24.5 Å². The van der Waals surface area contributed by atoms with Gasteiger partial charge < -0.3 is 20.3 Å². The Kier molecular flexibility index (Phi) is 43.7. The molecule has 0 saturated heterocycles. The number of esters is 1. The molecule has 0 aromatic heterocycles. The monoisotopic (exact) mass is 776 g/mol. The number of carbonyl (C=O) groups excluding carboxylic acids is 2. The van der Waals surface area contributed by atoms with Crippen molar-refractivity contribution in [1.29, 1.82) is 0 Å². The van der Waals surface area contributed by atoms with Crippen molar-refractivity contribution in [3.05, 3.63) is 24.3 Å². The molecule has 0 spiro atoms. The van der Waals surface area contributed by atoms with E-state index in [1.165, 1.54) is 167 Å². The summed E-state index contributed by atoms with van der Waals surface area (Å²) < 4.78 is 5.43. The van der Waals surface area contributed by atoms with Crippen LogP contribution < -0.4 is 5.32 Å². The minimum absolute atomic E-state index is 0.0224. The van der Waals surface area contributed by atoms with Crippen molar-refractivity contribution in [1.82, 2.24) is 5.32 Å². The Balaban J connectivity index is 3.52. The van der Waals surface area contributed by atoms with E-state index in [0.717, 1.165) is 57.8 Å². The number of hydrogen-bond donors (Lipinski definition) is 3. The van der Waals surface area contributed by atoms with Crippen LogP contribution in [-0.4, -0.2) is 47.4 Å². The average Bonchev–Trinajstić information content (AvgIpc) is 3.18. The standard InChI is InChI=1S/C49H93NO5/c1-3-5-7-9-11-13-15-16-17-18-22-25-29-33-37-41-47(52)46(45-51)50-48(53)42-38-34-30-26-23-19-20-24-28-32-36-40-44-55-49(54)43-39-35-31-27-21-14-12-10-8-6-4-2/h10,12,37,41,46-47,51-52H,3-9,11,13-36,38-40,42-45H2,1-2H3,(H,50,53)/b12-10-,41-37+. The zero-order valence-electron chi connectivity index (χ0n) is 36.7. The average molecular weight is 776 g/mol. The summed E-state index contributed by atoms with van der Waals surface area (Å²) in [5.74, 6) is -0.107. The molecule has 6 heteroatoms. The number of unbranched alkanes of at least 4 members (excludes halogenated alkanes) is 31. The van der Waals surface area contributed by atoms with E-state index in [9.17, 15) is 19.8 Å². The molecule has 6 nitrogen and oxygen atoms in total. The van der Waals surface area contributed by atoms with E-state index < -0.39 is 12.1 Å². The Labute approximate surface area is 341 Å². The summed E-state index contributed by atoms with van der Waals surface area (Å²) in [5, 5.41) is 23.0. The second-order valence-electron chi connectivity index (χ2n) is 16.4. The molecule has 2 atom stereocenters. The largest absolute Gasteiger partial charge is 0.466 e. The molecule has 0 aliphatic heterocycles. The molecule has 0 aromatic carbocycles. The van der Waals surface area contributed by atoms with E-state index in [4.69, 9.17) is 4.74 Å². The lowest BCUT2D eigenvalue weighted by molar-refractivity contribution is -0.143. The van der Waals surface area contributed by atoms with Gasteiger partial charge in [-0.1, -0.05) is 212 Å². The quantitative estimate of drug-likeness (QED) is 0.0325. The predicted molar refractivity (Wildman–Crippen MR) is 236 cm³/mol. The van der Waals surface area contributed by atoms with Gasteiger partial charge in [-0.05, 0) is 51.4 Å². The first-order valence-corrected chi connectivity index (χ1v) is 24.1. The lowest BCUT2D eigenvalue weighted by Crippen LogP contribution is -2.45. The van der Waals surface area contributed by atoms with Crippen LogP contribution in [-0.2, 0) is 14.3 Å². The minimum atomic E-state index is -0.854. The summed E-state index contributed by atoms with van der Waals surface area (Å²) in [6.45, 7) is 4.82. The van der Waals surface area contributed by atoms with Gasteiger partial charge in [-0.25, -0.2) is 0 Å². The zero-order valence-corrected chi connectivity index (χ0v) is 36.7. The van der Waals surface area contributed by atoms with Crippen LogP contribution in [0.5, 0.6) is 0 Å². The minimum Gasteiger partial charge on any atom is -0.466 e. The molecule has 3 N–H and O–H groups in total. The van der Waals surface area contributed by atoms with Crippen LogP contribution in [0.15, 0.2) is 24.3 Å². The Bertz CT molecular complexity index is 858. The summed E-state index contributed by atoms with van der Waals surface area (Å²) in [4.78, 5) is 24.4. The van der Waals surface area contributed by atoms with Gasteiger partial charge in [0.15, 0.2) is 0 Å². The predicted octanol–water partition coefficient (Wildman–Crippen LogP) is 14.0. The molecule has 0 bridgehead atoms. The molecule has 0 aliphatic rings. The fourth-order valence-corrected chi connectivity index (χ4v) is 7.20. The molecular weight excluding hydrogens is 683 g/mol. The molecule has 0 saturated carbocycles. The molecule has 55 heavy (non-hydrogen) atoms. The Morgan fingerprint density at radius 3 is 1.35 bits per heavy atom. The number of rotatable bonds is 44. The van der Waals surface area contributed by atoms with Gasteiger partial charge in [0.1, 0.15) is 0 Å². The van der Waals surface area contributed by atoms with Gasteiger partial charge in [-0.2, -0.15) is 0 Å². The number of amides is 1. The summed E-state index contributed by atoms with van der Waals surface area (Å²) in [6.07, 6.45) is 51.6. The SMILES string of the molecule is CCCC/C=C\CCCCCCCC(=O)OCCCCCCCCCCCCCCC(=O)NC(CO)C(O)/C=C/CCCCCCCCCCCCCCC. The molecule has 1 amide bonds. The number of aliphatic hydroxyl groups excluding tert-OH is 2. The summed E-state index contributed by atoms with van der Waals surface area (Å²) in [7, 11) is 0. The highest BCUT2D eigenvalue weighted by Gasteiger charge is 2.18. The van der Waals surface area contributed by atoms with Crippen LogP contribution in [0.4, 0.5) is 0 Å². The molecule has 0 radical (unpaired) electrons. The third kappa shape index (κ3) is 41.8. The third-order valence-electron chi connectivity index (χ3n) is 11.0. The number of aliphatic hydroxyl groups is 2. The van der Waals surface area contributed by atoms with Crippen LogP contribution in [0.2, 0.25) is 0 Å². The molecule has 0 aromatic rings. The Hall–Kier alpha value is -1.66. The van der Waals surface area contributed by atoms with Crippen molar-refractivity contribution in [2.45, 2.75) is 264 Å². The highest BCUT2D eigenvalue weighted by atomic mass is 16.5. The van der Waals surface area contributed by atoms with Gasteiger partial charge in [-0.15, -0.1) is 0 Å². The van der Waals surface area contributed by atoms with E-state index in [-0.39, 0.29) is 18.5 Å². The van der Waals surface area contributed by atoms with Crippen molar-refractivity contribution in [3.8, 4) is 0 Å². The van der Waals surface area contributed by atoms with Gasteiger partial charge in [0.2, 0.25) is 5.91 Å². The zero-order chi connectivity index (χ0) is 40.1.